The van der Waals surface area contributed by atoms with Crippen LogP contribution >= 0.6 is 0 Å². The fourth-order valence-electron chi connectivity index (χ4n) is 1.65. The highest BCUT2D eigenvalue weighted by atomic mass is 16.3. The van der Waals surface area contributed by atoms with Gasteiger partial charge < -0.3 is 9.32 Å². The third kappa shape index (κ3) is 1.80. The Hall–Kier alpha value is -1.29. The average Bonchev–Trinajstić information content (AvgIpc) is 2.77. The fraction of sp³-hybridized carbons (Fsp3) is 0.500. The van der Waals surface area contributed by atoms with Gasteiger partial charge in [-0.05, 0) is 18.6 Å². The summed E-state index contributed by atoms with van der Waals surface area (Å²) in [7, 11) is 1.83. The Kier molecular flexibility index (Phi) is 2.54. The molecule has 1 N–H and O–H groups in total. The number of carbonyl (C=O) groups is 1. The summed E-state index contributed by atoms with van der Waals surface area (Å²) >= 11 is 0. The number of carbonyl (C=O) groups excluding carboxylic acids is 1. The first kappa shape index (κ1) is 9.27. The topological polar surface area (TPSA) is 45.5 Å². The molecule has 0 unspecified atom stereocenters. The molecule has 0 aromatic carbocycles. The maximum Gasteiger partial charge on any atom is 0.239 e. The molecule has 0 saturated carbocycles. The van der Waals surface area contributed by atoms with Crippen molar-refractivity contribution in [3.8, 4) is 0 Å². The smallest absolute Gasteiger partial charge is 0.239 e. The number of hydrogen-bond acceptors (Lipinski definition) is 3. The zero-order valence-electron chi connectivity index (χ0n) is 8.19. The van der Waals surface area contributed by atoms with E-state index in [4.69, 9.17) is 4.42 Å². The molecule has 76 valence electrons. The minimum Gasteiger partial charge on any atom is -0.468 e. The molecule has 4 nitrogen and oxygen atoms in total. The van der Waals surface area contributed by atoms with Crippen LogP contribution in [0.3, 0.4) is 0 Å². The molecular formula is C10H14N2O2. The highest BCUT2D eigenvalue weighted by Crippen LogP contribution is 2.09. The van der Waals surface area contributed by atoms with Crippen LogP contribution in [-0.2, 0) is 11.3 Å². The van der Waals surface area contributed by atoms with E-state index in [1.807, 2.05) is 19.2 Å². The molecule has 4 heteroatoms. The lowest BCUT2D eigenvalue weighted by Crippen LogP contribution is -2.36. The lowest BCUT2D eigenvalue weighted by Gasteiger charge is -2.10. The van der Waals surface area contributed by atoms with Crippen LogP contribution in [0.5, 0.6) is 0 Å². The van der Waals surface area contributed by atoms with Crippen molar-refractivity contribution in [1.29, 1.82) is 0 Å². The predicted molar refractivity (Wildman–Crippen MR) is 51.6 cm³/mol. The van der Waals surface area contributed by atoms with Crippen molar-refractivity contribution >= 4 is 5.91 Å². The SMILES string of the molecule is CN1CC[C@@H](NCc2ccco2)C1=O. The summed E-state index contributed by atoms with van der Waals surface area (Å²) in [5, 5.41) is 3.18. The van der Waals surface area contributed by atoms with Gasteiger partial charge in [-0.25, -0.2) is 0 Å². The van der Waals surface area contributed by atoms with Gasteiger partial charge in [-0.15, -0.1) is 0 Å². The zero-order chi connectivity index (χ0) is 9.97. The quantitative estimate of drug-likeness (QED) is 0.766. The minimum absolute atomic E-state index is 0.0369. The van der Waals surface area contributed by atoms with E-state index in [-0.39, 0.29) is 11.9 Å². The lowest BCUT2D eigenvalue weighted by molar-refractivity contribution is -0.128. The second-order valence-electron chi connectivity index (χ2n) is 3.56. The van der Waals surface area contributed by atoms with E-state index in [1.54, 1.807) is 11.2 Å². The molecule has 0 radical (unpaired) electrons. The molecule has 1 atom stereocenters. The number of hydrogen-bond donors (Lipinski definition) is 1. The van der Waals surface area contributed by atoms with Gasteiger partial charge >= 0.3 is 0 Å². The van der Waals surface area contributed by atoms with Gasteiger partial charge in [0.2, 0.25) is 5.91 Å². The molecule has 0 bridgehead atoms. The Morgan fingerprint density at radius 2 is 2.57 bits per heavy atom. The summed E-state index contributed by atoms with van der Waals surface area (Å²) in [6, 6.07) is 3.71. The zero-order valence-corrected chi connectivity index (χ0v) is 8.19. The molecule has 1 aromatic rings. The Bertz CT molecular complexity index is 308. The fourth-order valence-corrected chi connectivity index (χ4v) is 1.65. The summed E-state index contributed by atoms with van der Waals surface area (Å²) in [5.74, 6) is 1.05. The first-order chi connectivity index (χ1) is 6.77. The third-order valence-electron chi connectivity index (χ3n) is 2.53. The molecule has 1 aliphatic rings. The number of likely N-dealkylation sites (N-methyl/N-ethyl adjacent to an activating group) is 1. The van der Waals surface area contributed by atoms with Crippen LogP contribution < -0.4 is 5.32 Å². The van der Waals surface area contributed by atoms with Crippen LogP contribution in [0.1, 0.15) is 12.2 Å². The van der Waals surface area contributed by atoms with E-state index in [1.165, 1.54) is 0 Å². The second-order valence-corrected chi connectivity index (χ2v) is 3.56. The number of rotatable bonds is 3. The van der Waals surface area contributed by atoms with E-state index >= 15 is 0 Å². The van der Waals surface area contributed by atoms with Crippen LogP contribution in [0.4, 0.5) is 0 Å². The van der Waals surface area contributed by atoms with Gasteiger partial charge in [0.05, 0.1) is 18.8 Å². The Morgan fingerprint density at radius 1 is 1.71 bits per heavy atom. The molecule has 2 heterocycles. The third-order valence-corrected chi connectivity index (χ3v) is 2.53. The second kappa shape index (κ2) is 3.84. The number of furan rings is 1. The van der Waals surface area contributed by atoms with Gasteiger partial charge in [0.25, 0.3) is 0 Å². The van der Waals surface area contributed by atoms with Crippen LogP contribution in [0.25, 0.3) is 0 Å². The van der Waals surface area contributed by atoms with Crippen molar-refractivity contribution in [3.63, 3.8) is 0 Å². The summed E-state index contributed by atoms with van der Waals surface area (Å²) < 4.78 is 5.17. The predicted octanol–water partition coefficient (Wildman–Crippen LogP) is 0.600. The number of nitrogens with zero attached hydrogens (tertiary/aromatic N) is 1. The molecule has 2 rings (SSSR count). The van der Waals surface area contributed by atoms with E-state index in [0.29, 0.717) is 6.54 Å². The van der Waals surface area contributed by atoms with Crippen LogP contribution in [0, 0.1) is 0 Å². The molecule has 1 aliphatic heterocycles. The van der Waals surface area contributed by atoms with Crippen LogP contribution in [0.2, 0.25) is 0 Å². The molecular weight excluding hydrogens is 180 g/mol. The molecule has 1 fully saturated rings. The first-order valence-corrected chi connectivity index (χ1v) is 4.78. The van der Waals surface area contributed by atoms with E-state index in [9.17, 15) is 4.79 Å². The minimum atomic E-state index is -0.0369. The molecule has 1 amide bonds. The first-order valence-electron chi connectivity index (χ1n) is 4.78. The molecule has 0 aliphatic carbocycles. The summed E-state index contributed by atoms with van der Waals surface area (Å²) in [6.07, 6.45) is 2.52. The number of likely N-dealkylation sites (tertiary alicyclic amines) is 1. The van der Waals surface area contributed by atoms with Gasteiger partial charge in [0, 0.05) is 13.6 Å². The summed E-state index contributed by atoms with van der Waals surface area (Å²) in [6.45, 7) is 1.46. The summed E-state index contributed by atoms with van der Waals surface area (Å²) in [4.78, 5) is 13.2. The van der Waals surface area contributed by atoms with Gasteiger partial charge in [0.1, 0.15) is 5.76 Å². The monoisotopic (exact) mass is 194 g/mol. The van der Waals surface area contributed by atoms with Gasteiger partial charge in [-0.2, -0.15) is 0 Å². The Morgan fingerprint density at radius 3 is 3.14 bits per heavy atom. The van der Waals surface area contributed by atoms with Gasteiger partial charge in [0.15, 0.2) is 0 Å². The van der Waals surface area contributed by atoms with Crippen molar-refractivity contribution in [2.45, 2.75) is 19.0 Å². The largest absolute Gasteiger partial charge is 0.468 e. The maximum absolute atomic E-state index is 11.5. The van der Waals surface area contributed by atoms with Gasteiger partial charge in [-0.1, -0.05) is 0 Å². The normalized spacial score (nSPS) is 21.9. The highest BCUT2D eigenvalue weighted by Gasteiger charge is 2.28. The van der Waals surface area contributed by atoms with Crippen molar-refractivity contribution in [2.24, 2.45) is 0 Å². The van der Waals surface area contributed by atoms with Crippen molar-refractivity contribution in [2.75, 3.05) is 13.6 Å². The lowest BCUT2D eigenvalue weighted by atomic mass is 10.2. The number of amides is 1. The van der Waals surface area contributed by atoms with Gasteiger partial charge in [-0.3, -0.25) is 10.1 Å². The van der Waals surface area contributed by atoms with E-state index in [2.05, 4.69) is 5.32 Å². The Labute approximate surface area is 82.9 Å². The molecule has 1 saturated heterocycles. The highest BCUT2D eigenvalue weighted by molar-refractivity contribution is 5.83. The average molecular weight is 194 g/mol. The summed E-state index contributed by atoms with van der Waals surface area (Å²) in [5.41, 5.74) is 0. The van der Waals surface area contributed by atoms with Crippen molar-refractivity contribution in [3.05, 3.63) is 24.2 Å². The number of nitrogens with one attached hydrogen (secondary N) is 1. The molecule has 0 spiro atoms. The van der Waals surface area contributed by atoms with Crippen molar-refractivity contribution in [1.82, 2.24) is 10.2 Å². The maximum atomic E-state index is 11.5. The molecule has 1 aromatic heterocycles. The Balaban J connectivity index is 1.84. The molecule has 14 heavy (non-hydrogen) atoms. The van der Waals surface area contributed by atoms with Crippen molar-refractivity contribution < 1.29 is 9.21 Å². The van der Waals surface area contributed by atoms with E-state index < -0.39 is 0 Å². The standard InChI is InChI=1S/C10H14N2O2/c1-12-5-4-9(10(12)13)11-7-8-3-2-6-14-8/h2-3,6,9,11H,4-5,7H2,1H3/t9-/m1/s1. The van der Waals surface area contributed by atoms with E-state index in [0.717, 1.165) is 18.7 Å². The van der Waals surface area contributed by atoms with Crippen LogP contribution in [-0.4, -0.2) is 30.4 Å². The van der Waals surface area contributed by atoms with Crippen LogP contribution in [0.15, 0.2) is 22.8 Å².